The molecule has 0 aliphatic heterocycles. The molecule has 0 radical (unpaired) electrons. The van der Waals surface area contributed by atoms with E-state index in [4.69, 9.17) is 4.74 Å². The molecule has 3 N–H and O–H groups in total. The highest BCUT2D eigenvalue weighted by atomic mass is 16.5. The van der Waals surface area contributed by atoms with Crippen LogP contribution in [0, 0.1) is 0 Å². The summed E-state index contributed by atoms with van der Waals surface area (Å²) in [6.07, 6.45) is 72.2. The Morgan fingerprint density at radius 3 is 1.04 bits per heavy atom. The minimum absolute atomic E-state index is 0.00278. The van der Waals surface area contributed by atoms with Crippen LogP contribution in [0.2, 0.25) is 0 Å². The summed E-state index contributed by atoms with van der Waals surface area (Å²) in [4.78, 5) is 24.5. The van der Waals surface area contributed by atoms with Crippen LogP contribution in [-0.2, 0) is 14.3 Å². The quantitative estimate of drug-likeness (QED) is 0.0321. The van der Waals surface area contributed by atoms with Crippen LogP contribution in [0.5, 0.6) is 0 Å². The van der Waals surface area contributed by atoms with Crippen molar-refractivity contribution in [3.8, 4) is 0 Å². The number of hydrogen-bond donors (Lipinski definition) is 3. The third-order valence-electron chi connectivity index (χ3n) is 15.1. The Morgan fingerprint density at radius 1 is 0.386 bits per heavy atom. The van der Waals surface area contributed by atoms with Crippen LogP contribution in [0.15, 0.2) is 12.2 Å². The highest BCUT2D eigenvalue weighted by Crippen LogP contribution is 2.18. The number of carbonyl (C=O) groups is 2. The lowest BCUT2D eigenvalue weighted by molar-refractivity contribution is -0.143. The van der Waals surface area contributed by atoms with Gasteiger partial charge >= 0.3 is 5.97 Å². The van der Waals surface area contributed by atoms with Gasteiger partial charge in [-0.05, 0) is 51.4 Å². The van der Waals surface area contributed by atoms with Gasteiger partial charge in [-0.2, -0.15) is 0 Å². The molecule has 0 aromatic heterocycles. The Morgan fingerprint density at radius 2 is 0.671 bits per heavy atom. The van der Waals surface area contributed by atoms with E-state index in [0.29, 0.717) is 25.9 Å². The molecule has 1 amide bonds. The first-order valence-electron chi connectivity index (χ1n) is 31.9. The summed E-state index contributed by atoms with van der Waals surface area (Å²) in [5.74, 6) is -0.0293. The first-order valence-corrected chi connectivity index (χ1v) is 31.9. The van der Waals surface area contributed by atoms with Gasteiger partial charge in [-0.15, -0.1) is 0 Å². The van der Waals surface area contributed by atoms with Crippen LogP contribution in [0.1, 0.15) is 361 Å². The molecule has 0 rings (SSSR count). The molecule has 0 bridgehead atoms. The standard InChI is InChI=1S/C64H125NO5/c1-3-5-7-9-11-13-15-17-18-19-20-24-27-30-33-36-40-44-48-52-56-62(67)61(60-66)65-63(68)57-53-49-45-41-37-34-31-28-25-22-21-23-26-29-32-35-39-43-47-51-55-59-70-64(69)58-54-50-46-42-38-16-14-12-10-8-6-4-2/h12,14,61-62,66-67H,3-11,13,15-60H2,1-2H3,(H,65,68)/b14-12-. The molecule has 0 saturated carbocycles. The summed E-state index contributed by atoms with van der Waals surface area (Å²) in [6, 6.07) is -0.542. The lowest BCUT2D eigenvalue weighted by atomic mass is 10.0. The zero-order chi connectivity index (χ0) is 50.7. The molecule has 0 fully saturated rings. The number of aliphatic hydroxyl groups excluding tert-OH is 2. The van der Waals surface area contributed by atoms with E-state index in [9.17, 15) is 19.8 Å². The molecular formula is C64H125NO5. The summed E-state index contributed by atoms with van der Waals surface area (Å²) >= 11 is 0. The predicted octanol–water partition coefficient (Wildman–Crippen LogP) is 20.0. The number of esters is 1. The first kappa shape index (κ1) is 68.6. The number of ether oxygens (including phenoxy) is 1. The SMILES string of the molecule is CCCCC/C=C\CCCCCCCC(=O)OCCCCCCCCCCCCCCCCCCCCCCCC(=O)NC(CO)C(O)CCCCCCCCCCCCCCCCCCCCCC. The second-order valence-corrected chi connectivity index (χ2v) is 22.1. The maximum atomic E-state index is 12.5. The van der Waals surface area contributed by atoms with Crippen LogP contribution in [0.4, 0.5) is 0 Å². The summed E-state index contributed by atoms with van der Waals surface area (Å²) in [5, 5.41) is 23.4. The van der Waals surface area contributed by atoms with Crippen LogP contribution in [-0.4, -0.2) is 47.4 Å². The van der Waals surface area contributed by atoms with Gasteiger partial charge < -0.3 is 20.3 Å². The normalized spacial score (nSPS) is 12.6. The maximum absolute atomic E-state index is 12.5. The fraction of sp³-hybridized carbons (Fsp3) is 0.938. The van der Waals surface area contributed by atoms with Gasteiger partial charge in [-0.3, -0.25) is 9.59 Å². The van der Waals surface area contributed by atoms with Gasteiger partial charge in [0, 0.05) is 12.8 Å². The molecule has 2 unspecified atom stereocenters. The molecule has 2 atom stereocenters. The van der Waals surface area contributed by atoms with E-state index in [-0.39, 0.29) is 18.5 Å². The fourth-order valence-corrected chi connectivity index (χ4v) is 10.2. The summed E-state index contributed by atoms with van der Waals surface area (Å²) in [7, 11) is 0. The molecule has 0 saturated heterocycles. The predicted molar refractivity (Wildman–Crippen MR) is 306 cm³/mol. The minimum atomic E-state index is -0.665. The minimum Gasteiger partial charge on any atom is -0.466 e. The van der Waals surface area contributed by atoms with Crippen LogP contribution in [0.25, 0.3) is 0 Å². The summed E-state index contributed by atoms with van der Waals surface area (Å²) < 4.78 is 5.47. The Bertz CT molecular complexity index is 1050. The van der Waals surface area contributed by atoms with E-state index in [2.05, 4.69) is 31.3 Å². The smallest absolute Gasteiger partial charge is 0.305 e. The van der Waals surface area contributed by atoms with Crippen molar-refractivity contribution < 1.29 is 24.5 Å². The topological polar surface area (TPSA) is 95.9 Å². The highest BCUT2D eigenvalue weighted by Gasteiger charge is 2.20. The number of allylic oxidation sites excluding steroid dienone is 2. The number of carbonyl (C=O) groups excluding carboxylic acids is 2. The van der Waals surface area contributed by atoms with E-state index in [0.717, 1.165) is 44.9 Å². The largest absolute Gasteiger partial charge is 0.466 e. The van der Waals surface area contributed by atoms with Crippen molar-refractivity contribution in [3.05, 3.63) is 12.2 Å². The first-order chi connectivity index (χ1) is 34.5. The molecule has 0 aliphatic carbocycles. The molecule has 0 heterocycles. The number of rotatable bonds is 60. The molecule has 6 heteroatoms. The van der Waals surface area contributed by atoms with Gasteiger partial charge in [-0.25, -0.2) is 0 Å². The van der Waals surface area contributed by atoms with Crippen LogP contribution >= 0.6 is 0 Å². The van der Waals surface area contributed by atoms with E-state index >= 15 is 0 Å². The maximum Gasteiger partial charge on any atom is 0.305 e. The van der Waals surface area contributed by atoms with E-state index in [1.807, 2.05) is 0 Å². The van der Waals surface area contributed by atoms with E-state index in [1.54, 1.807) is 0 Å². The fourth-order valence-electron chi connectivity index (χ4n) is 10.2. The number of hydrogen-bond acceptors (Lipinski definition) is 5. The van der Waals surface area contributed by atoms with E-state index in [1.165, 1.54) is 283 Å². The van der Waals surface area contributed by atoms with Gasteiger partial charge in [0.05, 0.1) is 25.4 Å². The van der Waals surface area contributed by atoms with E-state index < -0.39 is 12.1 Å². The van der Waals surface area contributed by atoms with Gasteiger partial charge in [0.15, 0.2) is 0 Å². The van der Waals surface area contributed by atoms with Crippen molar-refractivity contribution in [2.45, 2.75) is 373 Å². The third kappa shape index (κ3) is 55.9. The lowest BCUT2D eigenvalue weighted by Crippen LogP contribution is -2.45. The zero-order valence-corrected chi connectivity index (χ0v) is 47.5. The summed E-state index contributed by atoms with van der Waals surface area (Å²) in [6.45, 7) is 4.96. The number of aliphatic hydroxyl groups is 2. The third-order valence-corrected chi connectivity index (χ3v) is 15.1. The molecule has 0 aromatic carbocycles. The van der Waals surface area contributed by atoms with Gasteiger partial charge in [-0.1, -0.05) is 309 Å². The molecule has 416 valence electrons. The Kier molecular flexibility index (Phi) is 59.0. The number of nitrogens with one attached hydrogen (secondary N) is 1. The molecule has 6 nitrogen and oxygen atoms in total. The van der Waals surface area contributed by atoms with Crippen molar-refractivity contribution in [1.82, 2.24) is 5.32 Å². The zero-order valence-electron chi connectivity index (χ0n) is 47.5. The average molecular weight is 989 g/mol. The van der Waals surface area contributed by atoms with Crippen molar-refractivity contribution in [1.29, 1.82) is 0 Å². The monoisotopic (exact) mass is 988 g/mol. The molecular weight excluding hydrogens is 863 g/mol. The lowest BCUT2D eigenvalue weighted by Gasteiger charge is -2.22. The number of unbranched alkanes of at least 4 members (excludes halogenated alkanes) is 47. The van der Waals surface area contributed by atoms with Gasteiger partial charge in [0.25, 0.3) is 0 Å². The second kappa shape index (κ2) is 60.2. The van der Waals surface area contributed by atoms with Crippen molar-refractivity contribution in [3.63, 3.8) is 0 Å². The molecule has 0 aromatic rings. The Labute approximate surface area is 438 Å². The Hall–Kier alpha value is -1.40. The second-order valence-electron chi connectivity index (χ2n) is 22.1. The molecule has 0 aliphatic rings. The number of amides is 1. The van der Waals surface area contributed by atoms with Gasteiger partial charge in [0.2, 0.25) is 5.91 Å². The van der Waals surface area contributed by atoms with Crippen molar-refractivity contribution in [2.24, 2.45) is 0 Å². The summed E-state index contributed by atoms with van der Waals surface area (Å²) in [5.41, 5.74) is 0. The van der Waals surface area contributed by atoms with Crippen molar-refractivity contribution in [2.75, 3.05) is 13.2 Å². The molecule has 0 spiro atoms. The van der Waals surface area contributed by atoms with Crippen molar-refractivity contribution >= 4 is 11.9 Å². The molecule has 70 heavy (non-hydrogen) atoms. The van der Waals surface area contributed by atoms with Gasteiger partial charge in [0.1, 0.15) is 0 Å². The van der Waals surface area contributed by atoms with Crippen LogP contribution < -0.4 is 5.32 Å². The highest BCUT2D eigenvalue weighted by molar-refractivity contribution is 5.76. The Balaban J connectivity index is 3.39. The average Bonchev–Trinajstić information content (AvgIpc) is 3.36. The van der Waals surface area contributed by atoms with Crippen LogP contribution in [0.3, 0.4) is 0 Å².